The summed E-state index contributed by atoms with van der Waals surface area (Å²) in [5.74, 6) is 0. The van der Waals surface area contributed by atoms with Crippen molar-refractivity contribution < 1.29 is 9.90 Å². The maximum absolute atomic E-state index is 12.4. The summed E-state index contributed by atoms with van der Waals surface area (Å²) in [5, 5.41) is 11.8. The number of urea groups is 1. The lowest BCUT2D eigenvalue weighted by atomic mass is 9.89. The van der Waals surface area contributed by atoms with Crippen molar-refractivity contribution in [3.63, 3.8) is 0 Å². The Hall–Kier alpha value is -2.04. The summed E-state index contributed by atoms with van der Waals surface area (Å²) >= 11 is 6.09. The quantitative estimate of drug-likeness (QED) is 0.880. The SMILES string of the molecule is CN1C(=O)N(C)C(O)(c2ccccc2)c2cc(Cl)ccc21. The smallest absolute Gasteiger partial charge is 0.326 e. The van der Waals surface area contributed by atoms with E-state index in [0.29, 0.717) is 21.8 Å². The van der Waals surface area contributed by atoms with Crippen LogP contribution in [0.25, 0.3) is 0 Å². The molecule has 2 aromatic rings. The molecule has 1 atom stereocenters. The van der Waals surface area contributed by atoms with Gasteiger partial charge in [0.15, 0.2) is 5.72 Å². The minimum atomic E-state index is -1.54. The van der Waals surface area contributed by atoms with Crippen molar-refractivity contribution >= 4 is 23.3 Å². The van der Waals surface area contributed by atoms with Crippen LogP contribution in [0.1, 0.15) is 11.1 Å². The molecule has 4 nitrogen and oxygen atoms in total. The van der Waals surface area contributed by atoms with Gasteiger partial charge in [-0.2, -0.15) is 0 Å². The largest absolute Gasteiger partial charge is 0.363 e. The molecule has 0 saturated carbocycles. The fourth-order valence-corrected chi connectivity index (χ4v) is 2.92. The minimum Gasteiger partial charge on any atom is -0.363 e. The molecule has 0 aliphatic carbocycles. The van der Waals surface area contributed by atoms with Crippen LogP contribution in [0, 0.1) is 0 Å². The zero-order chi connectivity index (χ0) is 15.2. The first kappa shape index (κ1) is 13.9. The highest BCUT2D eigenvalue weighted by Crippen LogP contribution is 2.43. The summed E-state index contributed by atoms with van der Waals surface area (Å²) in [6.45, 7) is 0. The van der Waals surface area contributed by atoms with Crippen molar-refractivity contribution in [2.75, 3.05) is 19.0 Å². The van der Waals surface area contributed by atoms with Gasteiger partial charge in [0, 0.05) is 30.2 Å². The second-order valence-corrected chi connectivity index (χ2v) is 5.54. The highest BCUT2D eigenvalue weighted by Gasteiger charge is 2.46. The summed E-state index contributed by atoms with van der Waals surface area (Å²) in [5.41, 5.74) is 0.322. The second kappa shape index (κ2) is 4.76. The first-order valence-electron chi connectivity index (χ1n) is 6.55. The van der Waals surface area contributed by atoms with E-state index >= 15 is 0 Å². The first-order valence-corrected chi connectivity index (χ1v) is 6.93. The fraction of sp³-hybridized carbons (Fsp3) is 0.188. The maximum atomic E-state index is 12.4. The number of carbonyl (C=O) groups is 1. The molecular weight excluding hydrogens is 288 g/mol. The number of nitrogens with zero attached hydrogens (tertiary/aromatic N) is 2. The number of amides is 2. The molecular formula is C16H15ClN2O2. The predicted octanol–water partition coefficient (Wildman–Crippen LogP) is 3.04. The number of hydrogen-bond acceptors (Lipinski definition) is 2. The molecule has 0 bridgehead atoms. The lowest BCUT2D eigenvalue weighted by Crippen LogP contribution is -2.56. The number of aliphatic hydroxyl groups is 1. The van der Waals surface area contributed by atoms with E-state index < -0.39 is 5.72 Å². The molecule has 1 aliphatic rings. The van der Waals surface area contributed by atoms with E-state index in [-0.39, 0.29) is 6.03 Å². The van der Waals surface area contributed by atoms with Gasteiger partial charge in [0.1, 0.15) is 0 Å². The van der Waals surface area contributed by atoms with Crippen LogP contribution in [0.15, 0.2) is 48.5 Å². The van der Waals surface area contributed by atoms with Crippen LogP contribution in [0.3, 0.4) is 0 Å². The molecule has 1 heterocycles. The summed E-state index contributed by atoms with van der Waals surface area (Å²) in [6.07, 6.45) is 0. The summed E-state index contributed by atoms with van der Waals surface area (Å²) in [7, 11) is 3.26. The normalized spacial score (nSPS) is 21.4. The number of anilines is 1. The molecule has 0 fully saturated rings. The van der Waals surface area contributed by atoms with Crippen LogP contribution < -0.4 is 4.90 Å². The monoisotopic (exact) mass is 302 g/mol. The number of rotatable bonds is 1. The third-order valence-electron chi connectivity index (χ3n) is 3.93. The molecule has 21 heavy (non-hydrogen) atoms. The van der Waals surface area contributed by atoms with Crippen molar-refractivity contribution in [2.45, 2.75) is 5.72 Å². The summed E-state index contributed by atoms with van der Waals surface area (Å²) in [4.78, 5) is 15.2. The average molecular weight is 303 g/mol. The van der Waals surface area contributed by atoms with Gasteiger partial charge in [-0.05, 0) is 18.2 Å². The molecule has 108 valence electrons. The molecule has 0 aromatic heterocycles. The first-order chi connectivity index (χ1) is 9.96. The van der Waals surface area contributed by atoms with Crippen molar-refractivity contribution in [1.29, 1.82) is 0 Å². The van der Waals surface area contributed by atoms with Crippen LogP contribution in [-0.2, 0) is 5.72 Å². The van der Waals surface area contributed by atoms with Gasteiger partial charge in [-0.25, -0.2) is 4.79 Å². The van der Waals surface area contributed by atoms with E-state index in [9.17, 15) is 9.90 Å². The number of halogens is 1. The van der Waals surface area contributed by atoms with Gasteiger partial charge in [-0.1, -0.05) is 41.9 Å². The van der Waals surface area contributed by atoms with Crippen molar-refractivity contribution in [2.24, 2.45) is 0 Å². The molecule has 1 N–H and O–H groups in total. The van der Waals surface area contributed by atoms with Gasteiger partial charge in [0.05, 0.1) is 5.69 Å². The third kappa shape index (κ3) is 1.91. The van der Waals surface area contributed by atoms with Crippen LogP contribution in [0.4, 0.5) is 10.5 Å². The maximum Gasteiger partial charge on any atom is 0.326 e. The van der Waals surface area contributed by atoms with Gasteiger partial charge in [0.2, 0.25) is 0 Å². The Morgan fingerprint density at radius 2 is 1.76 bits per heavy atom. The standard InChI is InChI=1S/C16H15ClN2O2/c1-18-14-9-8-12(17)10-13(14)16(21,19(2)15(18)20)11-6-4-3-5-7-11/h3-10,21H,1-2H3. The lowest BCUT2D eigenvalue weighted by Gasteiger charge is -2.45. The number of hydrogen-bond donors (Lipinski definition) is 1. The molecule has 2 aromatic carbocycles. The van der Waals surface area contributed by atoms with Crippen molar-refractivity contribution in [3.05, 3.63) is 64.7 Å². The van der Waals surface area contributed by atoms with Gasteiger partial charge in [-0.3, -0.25) is 9.80 Å². The summed E-state index contributed by atoms with van der Waals surface area (Å²) in [6, 6.07) is 14.0. The van der Waals surface area contributed by atoms with Crippen LogP contribution >= 0.6 is 11.6 Å². The topological polar surface area (TPSA) is 43.8 Å². The summed E-state index contributed by atoms with van der Waals surface area (Å²) < 4.78 is 0. The molecule has 1 aliphatic heterocycles. The Morgan fingerprint density at radius 1 is 1.10 bits per heavy atom. The second-order valence-electron chi connectivity index (χ2n) is 5.10. The number of benzene rings is 2. The molecule has 0 spiro atoms. The van der Waals surface area contributed by atoms with E-state index in [2.05, 4.69) is 0 Å². The highest BCUT2D eigenvalue weighted by atomic mass is 35.5. The molecule has 2 amide bonds. The van der Waals surface area contributed by atoms with E-state index in [1.54, 1.807) is 44.4 Å². The Kier molecular flexibility index (Phi) is 3.15. The fourth-order valence-electron chi connectivity index (χ4n) is 2.75. The third-order valence-corrected chi connectivity index (χ3v) is 4.17. The van der Waals surface area contributed by atoms with Crippen LogP contribution in [-0.4, -0.2) is 30.1 Å². The number of carbonyl (C=O) groups excluding carboxylic acids is 1. The Labute approximate surface area is 128 Å². The molecule has 0 radical (unpaired) electrons. The van der Waals surface area contributed by atoms with Gasteiger partial charge >= 0.3 is 6.03 Å². The van der Waals surface area contributed by atoms with E-state index in [1.807, 2.05) is 18.2 Å². The average Bonchev–Trinajstić information content (AvgIpc) is 2.51. The number of fused-ring (bicyclic) bond motifs is 1. The molecule has 1 unspecified atom stereocenters. The lowest BCUT2D eigenvalue weighted by molar-refractivity contribution is -0.0405. The van der Waals surface area contributed by atoms with Crippen molar-refractivity contribution in [1.82, 2.24) is 4.90 Å². The predicted molar refractivity (Wildman–Crippen MR) is 82.5 cm³/mol. The van der Waals surface area contributed by atoms with Gasteiger partial charge in [0.25, 0.3) is 0 Å². The molecule has 5 heteroatoms. The van der Waals surface area contributed by atoms with Crippen molar-refractivity contribution in [3.8, 4) is 0 Å². The highest BCUT2D eigenvalue weighted by molar-refractivity contribution is 6.30. The van der Waals surface area contributed by atoms with E-state index in [0.717, 1.165) is 0 Å². The molecule has 3 rings (SSSR count). The van der Waals surface area contributed by atoms with E-state index in [4.69, 9.17) is 11.6 Å². The minimum absolute atomic E-state index is 0.281. The van der Waals surface area contributed by atoms with Crippen LogP contribution in [0.2, 0.25) is 5.02 Å². The zero-order valence-electron chi connectivity index (χ0n) is 11.7. The van der Waals surface area contributed by atoms with E-state index in [1.165, 1.54) is 9.80 Å². The molecule has 0 saturated heterocycles. The Morgan fingerprint density at radius 3 is 2.43 bits per heavy atom. The van der Waals surface area contributed by atoms with Crippen LogP contribution in [0.5, 0.6) is 0 Å². The van der Waals surface area contributed by atoms with Gasteiger partial charge < -0.3 is 5.11 Å². The Balaban J connectivity index is 2.32. The van der Waals surface area contributed by atoms with Gasteiger partial charge in [-0.15, -0.1) is 0 Å². The zero-order valence-corrected chi connectivity index (χ0v) is 12.5. The Bertz CT molecular complexity index is 705.